The van der Waals surface area contributed by atoms with Gasteiger partial charge >= 0.3 is 0 Å². The van der Waals surface area contributed by atoms with Crippen LogP contribution in [0.4, 0.5) is 5.13 Å². The lowest BCUT2D eigenvalue weighted by Crippen LogP contribution is -2.43. The molecule has 2 heterocycles. The van der Waals surface area contributed by atoms with E-state index >= 15 is 0 Å². The van der Waals surface area contributed by atoms with Crippen molar-refractivity contribution in [1.29, 1.82) is 0 Å². The fourth-order valence-corrected chi connectivity index (χ4v) is 5.23. The van der Waals surface area contributed by atoms with E-state index in [4.69, 9.17) is 4.98 Å². The number of nitrogens with one attached hydrogen (secondary N) is 1. The van der Waals surface area contributed by atoms with Gasteiger partial charge in [-0.05, 0) is 69.9 Å². The number of nitrogens with zero attached hydrogens (tertiary/aromatic N) is 3. The van der Waals surface area contributed by atoms with E-state index in [9.17, 15) is 4.79 Å². The molecule has 1 aromatic heterocycles. The van der Waals surface area contributed by atoms with Crippen LogP contribution in [0.5, 0.6) is 0 Å². The van der Waals surface area contributed by atoms with Crippen LogP contribution in [-0.4, -0.2) is 55.1 Å². The van der Waals surface area contributed by atoms with E-state index in [2.05, 4.69) is 54.9 Å². The van der Waals surface area contributed by atoms with E-state index < -0.39 is 0 Å². The van der Waals surface area contributed by atoms with Crippen molar-refractivity contribution in [2.75, 3.05) is 44.2 Å². The van der Waals surface area contributed by atoms with Crippen molar-refractivity contribution in [1.82, 2.24) is 15.2 Å². The van der Waals surface area contributed by atoms with Crippen molar-refractivity contribution < 1.29 is 4.79 Å². The third-order valence-corrected chi connectivity index (χ3v) is 6.79. The first-order chi connectivity index (χ1) is 13.5. The van der Waals surface area contributed by atoms with Crippen molar-refractivity contribution in [2.24, 2.45) is 5.92 Å². The Morgan fingerprint density at radius 1 is 1.32 bits per heavy atom. The summed E-state index contributed by atoms with van der Waals surface area (Å²) in [7, 11) is 0. The molecule has 1 amide bonds. The molecule has 0 bridgehead atoms. The van der Waals surface area contributed by atoms with Gasteiger partial charge in [-0.2, -0.15) is 0 Å². The van der Waals surface area contributed by atoms with Gasteiger partial charge in [-0.25, -0.2) is 4.98 Å². The average Bonchev–Trinajstić information content (AvgIpc) is 3.12. The molecule has 1 fully saturated rings. The van der Waals surface area contributed by atoms with Gasteiger partial charge in [0.15, 0.2) is 5.13 Å². The molecule has 0 radical (unpaired) electrons. The normalized spacial score (nSPS) is 17.5. The van der Waals surface area contributed by atoms with Gasteiger partial charge in [-0.3, -0.25) is 4.79 Å². The maximum absolute atomic E-state index is 12.7. The van der Waals surface area contributed by atoms with E-state index in [1.807, 2.05) is 0 Å². The summed E-state index contributed by atoms with van der Waals surface area (Å²) in [5, 5.41) is 4.22. The molecule has 1 aliphatic rings. The molecule has 1 atom stereocenters. The Kier molecular flexibility index (Phi) is 7.30. The van der Waals surface area contributed by atoms with Crippen LogP contribution < -0.4 is 10.2 Å². The Morgan fingerprint density at radius 2 is 2.11 bits per heavy atom. The summed E-state index contributed by atoms with van der Waals surface area (Å²) in [5.41, 5.74) is 3.62. The number of anilines is 1. The first-order valence-electron chi connectivity index (χ1n) is 10.6. The first kappa shape index (κ1) is 21.1. The fourth-order valence-electron chi connectivity index (χ4n) is 4.06. The molecule has 5 nitrogen and oxygen atoms in total. The van der Waals surface area contributed by atoms with Crippen molar-refractivity contribution in [3.63, 3.8) is 0 Å². The second-order valence-corrected chi connectivity index (χ2v) is 8.89. The molecule has 0 spiro atoms. The number of piperidine rings is 1. The summed E-state index contributed by atoms with van der Waals surface area (Å²) in [6.07, 6.45) is 3.03. The van der Waals surface area contributed by atoms with Gasteiger partial charge in [0.05, 0.1) is 16.1 Å². The number of benzene rings is 1. The monoisotopic (exact) mass is 402 g/mol. The molecule has 154 valence electrons. The zero-order valence-corrected chi connectivity index (χ0v) is 18.6. The van der Waals surface area contributed by atoms with Crippen molar-refractivity contribution in [2.45, 2.75) is 47.0 Å². The number of aryl methyl sites for hydroxylation is 2. The lowest BCUT2D eigenvalue weighted by Gasteiger charge is -2.31. The minimum atomic E-state index is 0.0667. The zero-order valence-electron chi connectivity index (χ0n) is 17.8. The fraction of sp³-hybridized carbons (Fsp3) is 0.636. The van der Waals surface area contributed by atoms with Crippen LogP contribution >= 0.6 is 11.3 Å². The molecule has 2 aromatic rings. The minimum Gasteiger partial charge on any atom is -0.356 e. The number of aromatic nitrogens is 1. The van der Waals surface area contributed by atoms with Crippen LogP contribution in [0.25, 0.3) is 10.2 Å². The van der Waals surface area contributed by atoms with Crippen LogP contribution in [0.3, 0.4) is 0 Å². The second-order valence-electron chi connectivity index (χ2n) is 7.88. The standard InChI is InChI=1S/C22H34N4OS/c1-5-25(6-2)11-8-10-23-21(27)18-9-7-12-26(15-18)22-24-20-17(4)13-16(3)14-19(20)28-22/h13-14,18H,5-12,15H2,1-4H3,(H,23,27)/t18-/m1/s1. The Hall–Kier alpha value is -1.66. The highest BCUT2D eigenvalue weighted by Crippen LogP contribution is 2.33. The number of carbonyl (C=O) groups is 1. The number of hydrogen-bond donors (Lipinski definition) is 1. The number of fused-ring (bicyclic) bond motifs is 1. The number of hydrogen-bond acceptors (Lipinski definition) is 5. The Morgan fingerprint density at radius 3 is 2.86 bits per heavy atom. The molecule has 1 aromatic carbocycles. The number of thiazole rings is 1. The van der Waals surface area contributed by atoms with Crippen LogP contribution in [0.1, 0.15) is 44.2 Å². The van der Waals surface area contributed by atoms with Gasteiger partial charge in [0.25, 0.3) is 0 Å². The van der Waals surface area contributed by atoms with Crippen molar-refractivity contribution >= 4 is 32.6 Å². The van der Waals surface area contributed by atoms with E-state index in [1.54, 1.807) is 11.3 Å². The van der Waals surface area contributed by atoms with Crippen molar-refractivity contribution in [3.8, 4) is 0 Å². The van der Waals surface area contributed by atoms with E-state index in [1.165, 1.54) is 15.8 Å². The summed E-state index contributed by atoms with van der Waals surface area (Å²) < 4.78 is 1.25. The Balaban J connectivity index is 1.56. The molecule has 0 aliphatic carbocycles. The molecule has 1 aliphatic heterocycles. The Bertz CT molecular complexity index is 799. The maximum Gasteiger partial charge on any atom is 0.224 e. The van der Waals surface area contributed by atoms with Gasteiger partial charge in [-0.1, -0.05) is 31.3 Å². The van der Waals surface area contributed by atoms with Crippen LogP contribution in [0.2, 0.25) is 0 Å². The SMILES string of the molecule is CCN(CC)CCCNC(=O)[C@@H]1CCCN(c2nc3c(C)cc(C)cc3s2)C1. The largest absolute Gasteiger partial charge is 0.356 e. The summed E-state index contributed by atoms with van der Waals surface area (Å²) in [6, 6.07) is 4.41. The zero-order chi connectivity index (χ0) is 20.1. The summed E-state index contributed by atoms with van der Waals surface area (Å²) in [5.74, 6) is 0.273. The van der Waals surface area contributed by atoms with Crippen LogP contribution in [0, 0.1) is 19.8 Å². The van der Waals surface area contributed by atoms with E-state index in [0.717, 1.165) is 69.2 Å². The number of rotatable bonds is 8. The van der Waals surface area contributed by atoms with Gasteiger partial charge in [0, 0.05) is 19.6 Å². The summed E-state index contributed by atoms with van der Waals surface area (Å²) in [6.45, 7) is 14.4. The second kappa shape index (κ2) is 9.70. The molecule has 3 rings (SSSR count). The van der Waals surface area contributed by atoms with E-state index in [0.29, 0.717) is 0 Å². The summed E-state index contributed by atoms with van der Waals surface area (Å²) >= 11 is 1.75. The topological polar surface area (TPSA) is 48.5 Å². The van der Waals surface area contributed by atoms with Gasteiger partial charge in [-0.15, -0.1) is 0 Å². The molecular weight excluding hydrogens is 368 g/mol. The van der Waals surface area contributed by atoms with Crippen molar-refractivity contribution in [3.05, 3.63) is 23.3 Å². The van der Waals surface area contributed by atoms with Gasteiger partial charge in [0.1, 0.15) is 0 Å². The summed E-state index contributed by atoms with van der Waals surface area (Å²) in [4.78, 5) is 22.3. The predicted octanol–water partition coefficient (Wildman–Crippen LogP) is 3.98. The van der Waals surface area contributed by atoms with E-state index in [-0.39, 0.29) is 11.8 Å². The quantitative estimate of drug-likeness (QED) is 0.679. The predicted molar refractivity (Wildman–Crippen MR) is 119 cm³/mol. The third kappa shape index (κ3) is 5.03. The minimum absolute atomic E-state index is 0.0667. The number of carbonyl (C=O) groups excluding carboxylic acids is 1. The highest BCUT2D eigenvalue weighted by molar-refractivity contribution is 7.22. The first-order valence-corrected chi connectivity index (χ1v) is 11.5. The van der Waals surface area contributed by atoms with Gasteiger partial charge in [0.2, 0.25) is 5.91 Å². The maximum atomic E-state index is 12.7. The lowest BCUT2D eigenvalue weighted by atomic mass is 9.97. The molecule has 0 saturated carbocycles. The highest BCUT2D eigenvalue weighted by Gasteiger charge is 2.27. The molecule has 6 heteroatoms. The Labute approximate surface area is 173 Å². The van der Waals surface area contributed by atoms with Crippen LogP contribution in [0.15, 0.2) is 12.1 Å². The highest BCUT2D eigenvalue weighted by atomic mass is 32.1. The molecule has 1 saturated heterocycles. The molecular formula is C22H34N4OS. The molecule has 1 N–H and O–H groups in total. The average molecular weight is 403 g/mol. The smallest absolute Gasteiger partial charge is 0.224 e. The molecule has 28 heavy (non-hydrogen) atoms. The molecule has 0 unspecified atom stereocenters. The van der Waals surface area contributed by atoms with Gasteiger partial charge < -0.3 is 15.1 Å². The lowest BCUT2D eigenvalue weighted by molar-refractivity contribution is -0.125. The number of amides is 1. The third-order valence-electron chi connectivity index (χ3n) is 5.73. The van der Waals surface area contributed by atoms with Crippen LogP contribution in [-0.2, 0) is 4.79 Å².